The summed E-state index contributed by atoms with van der Waals surface area (Å²) in [4.78, 5) is 4.80. The van der Waals surface area contributed by atoms with Crippen LogP contribution in [0.25, 0.3) is 0 Å². The fourth-order valence-corrected chi connectivity index (χ4v) is 5.16. The fraction of sp³-hybridized carbons (Fsp3) is 0.636. The Balaban J connectivity index is 1.46. The van der Waals surface area contributed by atoms with E-state index in [1.54, 1.807) is 0 Å². The maximum Gasteiger partial charge on any atom is 0.0691 e. The molecule has 2 aromatic heterocycles. The smallest absolute Gasteiger partial charge is 0.0691 e. The van der Waals surface area contributed by atoms with E-state index in [2.05, 4.69) is 23.3 Å². The van der Waals surface area contributed by atoms with Crippen LogP contribution in [0.15, 0.2) is 36.7 Å². The number of aryl methyl sites for hydroxylation is 2. The van der Waals surface area contributed by atoms with Crippen molar-refractivity contribution in [1.29, 1.82) is 0 Å². The van der Waals surface area contributed by atoms with E-state index >= 15 is 0 Å². The first kappa shape index (κ1) is 17.7. The molecule has 0 radical (unpaired) electrons. The van der Waals surface area contributed by atoms with Crippen LogP contribution in [-0.4, -0.2) is 27.0 Å². The minimum atomic E-state index is 0.122. The van der Waals surface area contributed by atoms with E-state index in [9.17, 15) is 0 Å². The van der Waals surface area contributed by atoms with Crippen molar-refractivity contribution in [1.82, 2.24) is 14.8 Å². The van der Waals surface area contributed by atoms with Gasteiger partial charge in [-0.15, -0.1) is 0 Å². The van der Waals surface area contributed by atoms with Crippen molar-refractivity contribution in [2.45, 2.75) is 75.2 Å². The van der Waals surface area contributed by atoms with Crippen LogP contribution in [0, 0.1) is 0 Å². The maximum atomic E-state index is 6.34. The third-order valence-electron chi connectivity index (χ3n) is 6.48. The van der Waals surface area contributed by atoms with Gasteiger partial charge in [-0.25, -0.2) is 0 Å². The van der Waals surface area contributed by atoms with Gasteiger partial charge >= 0.3 is 0 Å². The van der Waals surface area contributed by atoms with Crippen molar-refractivity contribution in [2.24, 2.45) is 7.05 Å². The number of rotatable bonds is 6. The lowest BCUT2D eigenvalue weighted by Gasteiger charge is -2.46. The summed E-state index contributed by atoms with van der Waals surface area (Å²) in [7, 11) is 1.99. The monoisotopic (exact) mass is 353 g/mol. The number of pyridine rings is 1. The number of unbranched alkanes of at least 4 members (excludes halogenated alkanes) is 1. The normalized spacial score (nSPS) is 25.0. The predicted molar refractivity (Wildman–Crippen MR) is 103 cm³/mol. The van der Waals surface area contributed by atoms with Crippen molar-refractivity contribution < 1.29 is 4.74 Å². The minimum absolute atomic E-state index is 0.122. The second-order valence-electron chi connectivity index (χ2n) is 8.35. The molecular formula is C22H31N3O. The molecule has 2 fully saturated rings. The van der Waals surface area contributed by atoms with Crippen LogP contribution in [0.4, 0.5) is 0 Å². The average Bonchev–Trinajstić information content (AvgIpc) is 3.29. The number of aromatic nitrogens is 3. The summed E-state index contributed by atoms with van der Waals surface area (Å²) in [5, 5.41) is 4.51. The van der Waals surface area contributed by atoms with Crippen LogP contribution >= 0.6 is 0 Å². The average molecular weight is 354 g/mol. The molecule has 1 atom stereocenters. The van der Waals surface area contributed by atoms with Crippen molar-refractivity contribution in [2.75, 3.05) is 6.61 Å². The predicted octanol–water partition coefficient (Wildman–Crippen LogP) is 4.59. The van der Waals surface area contributed by atoms with Crippen LogP contribution in [0.1, 0.15) is 69.2 Å². The van der Waals surface area contributed by atoms with Gasteiger partial charge in [0.15, 0.2) is 0 Å². The van der Waals surface area contributed by atoms with E-state index in [-0.39, 0.29) is 11.0 Å². The van der Waals surface area contributed by atoms with Crippen molar-refractivity contribution in [3.8, 4) is 0 Å². The molecule has 4 nitrogen and oxygen atoms in total. The Hall–Kier alpha value is -1.68. The van der Waals surface area contributed by atoms with E-state index in [1.165, 1.54) is 56.3 Å². The highest BCUT2D eigenvalue weighted by molar-refractivity contribution is 5.20. The zero-order valence-corrected chi connectivity index (χ0v) is 16.0. The molecule has 2 aromatic rings. The molecule has 1 saturated carbocycles. The van der Waals surface area contributed by atoms with Gasteiger partial charge < -0.3 is 4.74 Å². The fourth-order valence-electron chi connectivity index (χ4n) is 5.16. The number of nitrogens with zero attached hydrogens (tertiary/aromatic N) is 3. The van der Waals surface area contributed by atoms with Gasteiger partial charge in [0, 0.05) is 37.2 Å². The first-order valence-corrected chi connectivity index (χ1v) is 10.2. The molecule has 3 heterocycles. The lowest BCUT2D eigenvalue weighted by atomic mass is 9.67. The molecule has 0 aromatic carbocycles. The van der Waals surface area contributed by atoms with Gasteiger partial charge in [0.1, 0.15) is 0 Å². The molecule has 1 aliphatic heterocycles. The summed E-state index contributed by atoms with van der Waals surface area (Å²) in [5.41, 5.74) is 2.80. The van der Waals surface area contributed by atoms with E-state index in [0.717, 1.165) is 25.9 Å². The second kappa shape index (κ2) is 7.51. The molecule has 1 saturated heterocycles. The Morgan fingerprint density at radius 3 is 2.73 bits per heavy atom. The summed E-state index contributed by atoms with van der Waals surface area (Å²) in [5.74, 6) is 0. The summed E-state index contributed by atoms with van der Waals surface area (Å²) >= 11 is 0. The highest BCUT2D eigenvalue weighted by atomic mass is 16.5. The molecule has 4 rings (SSSR count). The van der Waals surface area contributed by atoms with Gasteiger partial charge in [0.2, 0.25) is 0 Å². The lowest BCUT2D eigenvalue weighted by Crippen LogP contribution is -2.46. The Kier molecular flexibility index (Phi) is 5.12. The standard InChI is InChI=1S/C22H31N3O/c1-25-16-10-19(24-25)8-2-4-11-21(20-9-3-7-15-23-20)14-17-26-22(18-21)12-5-6-13-22/h3,7,9-10,15-16H,2,4-6,8,11-14,17-18H2,1H3. The summed E-state index contributed by atoms with van der Waals surface area (Å²) in [6, 6.07) is 8.56. The molecular weight excluding hydrogens is 322 g/mol. The van der Waals surface area contributed by atoms with Crippen LogP contribution in [0.2, 0.25) is 0 Å². The number of hydrogen-bond donors (Lipinski definition) is 0. The minimum Gasteiger partial charge on any atom is -0.375 e. The summed E-state index contributed by atoms with van der Waals surface area (Å²) < 4.78 is 8.24. The van der Waals surface area contributed by atoms with Crippen molar-refractivity contribution in [3.05, 3.63) is 48.0 Å². The molecule has 0 amide bonds. The van der Waals surface area contributed by atoms with Gasteiger partial charge in [-0.05, 0) is 63.1 Å². The SMILES string of the molecule is Cn1ccc(CCCCC2(c3ccccn3)CCOC3(CCCC3)C2)n1. The highest BCUT2D eigenvalue weighted by Crippen LogP contribution is 2.50. The Labute approximate surface area is 157 Å². The molecule has 1 aliphatic carbocycles. The number of ether oxygens (including phenoxy) is 1. The second-order valence-corrected chi connectivity index (χ2v) is 8.35. The first-order chi connectivity index (χ1) is 12.7. The number of hydrogen-bond acceptors (Lipinski definition) is 3. The topological polar surface area (TPSA) is 39.9 Å². The molecule has 26 heavy (non-hydrogen) atoms. The Morgan fingerprint density at radius 1 is 1.12 bits per heavy atom. The van der Waals surface area contributed by atoms with Crippen LogP contribution < -0.4 is 0 Å². The molecule has 140 valence electrons. The summed E-state index contributed by atoms with van der Waals surface area (Å²) in [6.07, 6.45) is 16.1. The molecule has 2 aliphatic rings. The Morgan fingerprint density at radius 2 is 2.00 bits per heavy atom. The highest BCUT2D eigenvalue weighted by Gasteiger charge is 2.48. The molecule has 0 N–H and O–H groups in total. The molecule has 4 heteroatoms. The van der Waals surface area contributed by atoms with Gasteiger partial charge in [-0.2, -0.15) is 5.10 Å². The maximum absolute atomic E-state index is 6.34. The van der Waals surface area contributed by atoms with E-state index in [4.69, 9.17) is 9.72 Å². The lowest BCUT2D eigenvalue weighted by molar-refractivity contribution is -0.104. The third-order valence-corrected chi connectivity index (χ3v) is 6.48. The molecule has 0 bridgehead atoms. The van der Waals surface area contributed by atoms with Crippen LogP contribution in [-0.2, 0) is 23.6 Å². The van der Waals surface area contributed by atoms with Crippen LogP contribution in [0.5, 0.6) is 0 Å². The van der Waals surface area contributed by atoms with Crippen molar-refractivity contribution in [3.63, 3.8) is 0 Å². The van der Waals surface area contributed by atoms with Gasteiger partial charge in [0.05, 0.1) is 11.3 Å². The zero-order chi connectivity index (χ0) is 17.9. The van der Waals surface area contributed by atoms with Gasteiger partial charge in [-0.3, -0.25) is 9.67 Å². The molecule has 1 spiro atoms. The van der Waals surface area contributed by atoms with Gasteiger partial charge in [-0.1, -0.05) is 25.3 Å². The zero-order valence-electron chi connectivity index (χ0n) is 16.0. The third kappa shape index (κ3) is 3.71. The van der Waals surface area contributed by atoms with E-state index in [0.29, 0.717) is 0 Å². The van der Waals surface area contributed by atoms with E-state index < -0.39 is 0 Å². The Bertz CT molecular complexity index is 705. The van der Waals surface area contributed by atoms with Crippen molar-refractivity contribution >= 4 is 0 Å². The first-order valence-electron chi connectivity index (χ1n) is 10.2. The summed E-state index contributed by atoms with van der Waals surface area (Å²) in [6.45, 7) is 0.886. The quantitative estimate of drug-likeness (QED) is 0.713. The van der Waals surface area contributed by atoms with Crippen LogP contribution in [0.3, 0.4) is 0 Å². The molecule has 1 unspecified atom stereocenters. The van der Waals surface area contributed by atoms with E-state index in [1.807, 2.05) is 30.2 Å². The van der Waals surface area contributed by atoms with Gasteiger partial charge in [0.25, 0.3) is 0 Å². The largest absolute Gasteiger partial charge is 0.375 e.